The van der Waals surface area contributed by atoms with Crippen molar-refractivity contribution in [2.75, 3.05) is 24.6 Å². The van der Waals surface area contributed by atoms with E-state index < -0.39 is 0 Å². The Morgan fingerprint density at radius 3 is 2.95 bits per heavy atom. The zero-order valence-electron chi connectivity index (χ0n) is 13.2. The van der Waals surface area contributed by atoms with Gasteiger partial charge < -0.3 is 9.64 Å². The van der Waals surface area contributed by atoms with Gasteiger partial charge in [0.25, 0.3) is 0 Å². The molecule has 0 amide bonds. The van der Waals surface area contributed by atoms with Crippen molar-refractivity contribution in [3.63, 3.8) is 0 Å². The molecule has 0 aliphatic carbocycles. The predicted octanol–water partition coefficient (Wildman–Crippen LogP) is 3.56. The number of hydrogen-bond donors (Lipinski definition) is 0. The second-order valence-corrected chi connectivity index (χ2v) is 7.14. The second-order valence-electron chi connectivity index (χ2n) is 6.28. The molecule has 3 heterocycles. The van der Waals surface area contributed by atoms with Gasteiger partial charge in [0, 0.05) is 19.7 Å². The third-order valence-electron chi connectivity index (χ3n) is 3.82. The van der Waals surface area contributed by atoms with Crippen molar-refractivity contribution in [3.05, 3.63) is 16.8 Å². The number of hydrogen-bond acceptors (Lipinski definition) is 5. The average molecular weight is 305 g/mol. The highest BCUT2D eigenvalue weighted by Crippen LogP contribution is 2.33. The molecular weight excluding hydrogens is 282 g/mol. The number of aromatic nitrogens is 2. The van der Waals surface area contributed by atoms with Gasteiger partial charge in [0.2, 0.25) is 0 Å². The minimum Gasteiger partial charge on any atom is -0.376 e. The lowest BCUT2D eigenvalue weighted by Gasteiger charge is -2.19. The minimum absolute atomic E-state index is 0.330. The molecule has 1 unspecified atom stereocenters. The molecule has 1 aliphatic heterocycles. The van der Waals surface area contributed by atoms with Crippen LogP contribution in [0, 0.1) is 19.8 Å². The fourth-order valence-electron chi connectivity index (χ4n) is 2.78. The van der Waals surface area contributed by atoms with E-state index in [9.17, 15) is 0 Å². The Morgan fingerprint density at radius 1 is 1.38 bits per heavy atom. The molecule has 2 aromatic rings. The predicted molar refractivity (Wildman–Crippen MR) is 88.3 cm³/mol. The first-order valence-electron chi connectivity index (χ1n) is 7.63. The lowest BCUT2D eigenvalue weighted by atomic mass is 10.2. The number of rotatable bonds is 4. The fraction of sp³-hybridized carbons (Fsp3) is 0.625. The molecule has 5 heteroatoms. The Hall–Kier alpha value is -1.20. The fourth-order valence-corrected chi connectivity index (χ4v) is 3.74. The summed E-state index contributed by atoms with van der Waals surface area (Å²) < 4.78 is 5.99. The van der Waals surface area contributed by atoms with Gasteiger partial charge in [-0.2, -0.15) is 0 Å². The van der Waals surface area contributed by atoms with E-state index in [-0.39, 0.29) is 0 Å². The van der Waals surface area contributed by atoms with Gasteiger partial charge in [-0.15, -0.1) is 11.3 Å². The lowest BCUT2D eigenvalue weighted by molar-refractivity contribution is 0.0497. The van der Waals surface area contributed by atoms with Crippen LogP contribution < -0.4 is 4.90 Å². The van der Waals surface area contributed by atoms with Crippen LogP contribution in [0.1, 0.15) is 31.7 Å². The van der Waals surface area contributed by atoms with Crippen molar-refractivity contribution >= 4 is 27.4 Å². The summed E-state index contributed by atoms with van der Waals surface area (Å²) in [5.74, 6) is 2.53. The van der Waals surface area contributed by atoms with E-state index in [1.165, 1.54) is 10.9 Å². The van der Waals surface area contributed by atoms with E-state index >= 15 is 0 Å². The number of fused-ring (bicyclic) bond motifs is 1. The van der Waals surface area contributed by atoms with E-state index in [4.69, 9.17) is 9.72 Å². The first-order valence-corrected chi connectivity index (χ1v) is 8.51. The van der Waals surface area contributed by atoms with Gasteiger partial charge in [-0.05, 0) is 37.1 Å². The zero-order chi connectivity index (χ0) is 15.0. The average Bonchev–Trinajstić information content (AvgIpc) is 3.03. The first-order chi connectivity index (χ1) is 10.0. The SMILES string of the molecule is Cc1nc(N2CCC(OCC(C)C)C2)c2c(C)csc2n1. The van der Waals surface area contributed by atoms with Crippen LogP contribution in [0.15, 0.2) is 5.38 Å². The second kappa shape index (κ2) is 5.89. The largest absolute Gasteiger partial charge is 0.376 e. The summed E-state index contributed by atoms with van der Waals surface area (Å²) in [6, 6.07) is 0. The molecular formula is C16H23N3OS. The molecule has 114 valence electrons. The summed E-state index contributed by atoms with van der Waals surface area (Å²) in [7, 11) is 0. The number of thiophene rings is 1. The van der Waals surface area contributed by atoms with Crippen molar-refractivity contribution < 1.29 is 4.74 Å². The smallest absolute Gasteiger partial charge is 0.141 e. The van der Waals surface area contributed by atoms with E-state index in [2.05, 4.69) is 36.0 Å². The first kappa shape index (κ1) is 14.7. The maximum absolute atomic E-state index is 5.99. The van der Waals surface area contributed by atoms with Gasteiger partial charge in [0.15, 0.2) is 0 Å². The molecule has 1 saturated heterocycles. The quantitative estimate of drug-likeness (QED) is 0.865. The van der Waals surface area contributed by atoms with Crippen molar-refractivity contribution in [2.24, 2.45) is 5.92 Å². The monoisotopic (exact) mass is 305 g/mol. The van der Waals surface area contributed by atoms with Crippen LogP contribution in [-0.2, 0) is 4.74 Å². The molecule has 0 aromatic carbocycles. The minimum atomic E-state index is 0.330. The summed E-state index contributed by atoms with van der Waals surface area (Å²) in [4.78, 5) is 12.7. The van der Waals surface area contributed by atoms with Gasteiger partial charge in [0.1, 0.15) is 16.5 Å². The van der Waals surface area contributed by atoms with Crippen molar-refractivity contribution in [1.82, 2.24) is 9.97 Å². The Labute approximate surface area is 130 Å². The van der Waals surface area contributed by atoms with Gasteiger partial charge in [-0.1, -0.05) is 13.8 Å². The van der Waals surface area contributed by atoms with Crippen LogP contribution in [0.5, 0.6) is 0 Å². The number of ether oxygens (including phenoxy) is 1. The van der Waals surface area contributed by atoms with E-state index in [1.54, 1.807) is 11.3 Å². The van der Waals surface area contributed by atoms with Crippen LogP contribution in [0.4, 0.5) is 5.82 Å². The summed E-state index contributed by atoms with van der Waals surface area (Å²) in [5, 5.41) is 3.39. The molecule has 1 aliphatic rings. The molecule has 2 aromatic heterocycles. The van der Waals surface area contributed by atoms with Crippen molar-refractivity contribution in [1.29, 1.82) is 0 Å². The summed E-state index contributed by atoms with van der Waals surface area (Å²) in [6.45, 7) is 11.3. The molecule has 21 heavy (non-hydrogen) atoms. The van der Waals surface area contributed by atoms with Crippen LogP contribution >= 0.6 is 11.3 Å². The summed E-state index contributed by atoms with van der Waals surface area (Å²) in [6.07, 6.45) is 1.41. The molecule has 0 N–H and O–H groups in total. The highest BCUT2D eigenvalue weighted by Gasteiger charge is 2.26. The highest BCUT2D eigenvalue weighted by molar-refractivity contribution is 7.17. The Kier molecular flexibility index (Phi) is 4.13. The lowest BCUT2D eigenvalue weighted by Crippen LogP contribution is -2.25. The molecule has 1 atom stereocenters. The summed E-state index contributed by atoms with van der Waals surface area (Å²) >= 11 is 1.71. The number of nitrogens with zero attached hydrogens (tertiary/aromatic N) is 3. The van der Waals surface area contributed by atoms with E-state index in [0.29, 0.717) is 12.0 Å². The maximum atomic E-state index is 5.99. The molecule has 1 fully saturated rings. The molecule has 0 saturated carbocycles. The Balaban J connectivity index is 1.83. The highest BCUT2D eigenvalue weighted by atomic mass is 32.1. The normalized spacial score (nSPS) is 19.1. The van der Waals surface area contributed by atoms with Gasteiger partial charge in [-0.3, -0.25) is 0 Å². The maximum Gasteiger partial charge on any atom is 0.141 e. The van der Waals surface area contributed by atoms with Crippen LogP contribution in [-0.4, -0.2) is 35.8 Å². The van der Waals surface area contributed by atoms with Crippen molar-refractivity contribution in [2.45, 2.75) is 40.2 Å². The van der Waals surface area contributed by atoms with Crippen LogP contribution in [0.25, 0.3) is 10.2 Å². The van der Waals surface area contributed by atoms with Crippen molar-refractivity contribution in [3.8, 4) is 0 Å². The zero-order valence-corrected chi connectivity index (χ0v) is 14.0. The van der Waals surface area contributed by atoms with E-state index in [1.807, 2.05) is 6.92 Å². The number of anilines is 1. The third kappa shape index (κ3) is 3.04. The molecule has 0 bridgehead atoms. The third-order valence-corrected chi connectivity index (χ3v) is 4.81. The number of aryl methyl sites for hydroxylation is 2. The van der Waals surface area contributed by atoms with Gasteiger partial charge in [0.05, 0.1) is 11.5 Å². The summed E-state index contributed by atoms with van der Waals surface area (Å²) in [5.41, 5.74) is 1.27. The van der Waals surface area contributed by atoms with Gasteiger partial charge in [-0.25, -0.2) is 9.97 Å². The molecule has 3 rings (SSSR count). The Morgan fingerprint density at radius 2 is 2.19 bits per heavy atom. The Bertz CT molecular complexity index is 638. The molecule has 0 radical (unpaired) electrons. The van der Waals surface area contributed by atoms with Gasteiger partial charge >= 0.3 is 0 Å². The standard InChI is InChI=1S/C16H23N3OS/c1-10(2)8-20-13-5-6-19(7-13)15-14-11(3)9-21-16(14)18-12(4)17-15/h9-10,13H,5-8H2,1-4H3. The van der Waals surface area contributed by atoms with Crippen LogP contribution in [0.2, 0.25) is 0 Å². The van der Waals surface area contributed by atoms with E-state index in [0.717, 1.165) is 42.6 Å². The molecule has 0 spiro atoms. The molecule has 4 nitrogen and oxygen atoms in total. The van der Waals surface area contributed by atoms with Crippen LogP contribution in [0.3, 0.4) is 0 Å². The topological polar surface area (TPSA) is 38.2 Å².